The van der Waals surface area contributed by atoms with Crippen LogP contribution < -0.4 is 20.9 Å². The van der Waals surface area contributed by atoms with Crippen molar-refractivity contribution in [2.75, 3.05) is 18.2 Å². The summed E-state index contributed by atoms with van der Waals surface area (Å²) in [7, 11) is -2.51. The molecule has 112 valence electrons. The molecule has 0 aliphatic heterocycles. The highest BCUT2D eigenvalue weighted by Gasteiger charge is 2.11. The molecule has 0 heterocycles. The number of nitrogens with one attached hydrogen (secondary N) is 1. The Kier molecular flexibility index (Phi) is 4.01. The van der Waals surface area contributed by atoms with Gasteiger partial charge in [-0.05, 0) is 30.3 Å². The Balaban J connectivity index is 2.36. The quantitative estimate of drug-likeness (QED) is 0.746. The molecule has 0 fully saturated rings. The van der Waals surface area contributed by atoms with Gasteiger partial charge in [0.2, 0.25) is 10.0 Å². The second-order valence-corrected chi connectivity index (χ2v) is 5.87. The number of rotatable bonds is 4. The predicted molar refractivity (Wildman–Crippen MR) is 78.5 cm³/mol. The van der Waals surface area contributed by atoms with Crippen LogP contribution in [0.25, 0.3) is 0 Å². The zero-order valence-electron chi connectivity index (χ0n) is 11.1. The number of methoxy groups -OCH3 is 1. The highest BCUT2D eigenvalue weighted by atomic mass is 32.2. The molecule has 0 spiro atoms. The van der Waals surface area contributed by atoms with Crippen molar-refractivity contribution in [3.63, 3.8) is 0 Å². The number of anilines is 3. The largest absolute Gasteiger partial charge is 0.494 e. The molecule has 5 N–H and O–H groups in total. The summed E-state index contributed by atoms with van der Waals surface area (Å²) in [5, 5.41) is 7.92. The van der Waals surface area contributed by atoms with Gasteiger partial charge in [0.05, 0.1) is 12.0 Å². The average Bonchev–Trinajstić information content (AvgIpc) is 2.37. The molecule has 21 heavy (non-hydrogen) atoms. The summed E-state index contributed by atoms with van der Waals surface area (Å²) in [5.41, 5.74) is 6.65. The number of halogens is 1. The molecule has 2 aromatic carbocycles. The molecule has 6 nitrogen and oxygen atoms in total. The average molecular weight is 311 g/mol. The molecule has 0 bridgehead atoms. The molecular formula is C13H14FN3O3S. The third-order valence-electron chi connectivity index (χ3n) is 2.70. The van der Waals surface area contributed by atoms with Crippen LogP contribution >= 0.6 is 0 Å². The predicted octanol–water partition coefficient (Wildman–Crippen LogP) is 1.81. The first-order chi connectivity index (χ1) is 9.79. The summed E-state index contributed by atoms with van der Waals surface area (Å²) in [6, 6.07) is 8.32. The van der Waals surface area contributed by atoms with E-state index in [9.17, 15) is 12.8 Å². The fourth-order valence-electron chi connectivity index (χ4n) is 1.77. The number of ether oxygens (including phenoxy) is 1. The van der Waals surface area contributed by atoms with Gasteiger partial charge < -0.3 is 15.8 Å². The van der Waals surface area contributed by atoms with E-state index in [0.717, 1.165) is 0 Å². The summed E-state index contributed by atoms with van der Waals surface area (Å²) in [5.74, 6) is -0.434. The minimum Gasteiger partial charge on any atom is -0.494 e. The Hall–Kier alpha value is -2.32. The summed E-state index contributed by atoms with van der Waals surface area (Å²) in [4.78, 5) is -0.126. The molecule has 0 aliphatic carbocycles. The van der Waals surface area contributed by atoms with Gasteiger partial charge in [0.1, 0.15) is 0 Å². The standard InChI is InChI=1S/C13H14FN3O3S/c1-20-13-3-2-9(7-12(13)14)17-10-4-8(15)5-11(6-10)21(16,18)19/h2-7,17H,15H2,1H3,(H2,16,18,19). The van der Waals surface area contributed by atoms with Gasteiger partial charge in [-0.15, -0.1) is 0 Å². The molecule has 2 aromatic rings. The number of nitrogens with two attached hydrogens (primary N) is 2. The lowest BCUT2D eigenvalue weighted by molar-refractivity contribution is 0.386. The third kappa shape index (κ3) is 3.61. The van der Waals surface area contributed by atoms with Crippen LogP contribution in [0.3, 0.4) is 0 Å². The molecule has 0 unspecified atom stereocenters. The van der Waals surface area contributed by atoms with Gasteiger partial charge in [-0.3, -0.25) is 0 Å². The van der Waals surface area contributed by atoms with E-state index in [4.69, 9.17) is 15.6 Å². The summed E-state index contributed by atoms with van der Waals surface area (Å²) in [6.45, 7) is 0. The maximum Gasteiger partial charge on any atom is 0.238 e. The van der Waals surface area contributed by atoms with E-state index in [1.807, 2.05) is 0 Å². The highest BCUT2D eigenvalue weighted by Crippen LogP contribution is 2.26. The number of sulfonamides is 1. The second kappa shape index (κ2) is 5.58. The van der Waals surface area contributed by atoms with Crippen molar-refractivity contribution >= 4 is 27.1 Å². The van der Waals surface area contributed by atoms with Gasteiger partial charge in [-0.25, -0.2) is 17.9 Å². The van der Waals surface area contributed by atoms with Gasteiger partial charge in [0.25, 0.3) is 0 Å². The van der Waals surface area contributed by atoms with Crippen LogP contribution in [-0.4, -0.2) is 15.5 Å². The third-order valence-corrected chi connectivity index (χ3v) is 3.59. The van der Waals surface area contributed by atoms with Crippen molar-refractivity contribution in [2.24, 2.45) is 5.14 Å². The van der Waals surface area contributed by atoms with Crippen LogP contribution in [0.15, 0.2) is 41.3 Å². The summed E-state index contributed by atoms with van der Waals surface area (Å²) in [6.07, 6.45) is 0. The molecule has 0 aliphatic rings. The molecule has 0 aromatic heterocycles. The Morgan fingerprint density at radius 3 is 2.43 bits per heavy atom. The zero-order chi connectivity index (χ0) is 15.6. The van der Waals surface area contributed by atoms with E-state index in [2.05, 4.69) is 5.32 Å². The van der Waals surface area contributed by atoms with Gasteiger partial charge in [-0.2, -0.15) is 0 Å². The Bertz CT molecular complexity index is 778. The van der Waals surface area contributed by atoms with Gasteiger partial charge in [0.15, 0.2) is 11.6 Å². The highest BCUT2D eigenvalue weighted by molar-refractivity contribution is 7.89. The minimum absolute atomic E-state index is 0.110. The number of hydrogen-bond acceptors (Lipinski definition) is 5. The van der Waals surface area contributed by atoms with Crippen LogP contribution in [0.1, 0.15) is 0 Å². The normalized spacial score (nSPS) is 11.2. The van der Waals surface area contributed by atoms with Crippen molar-refractivity contribution in [3.05, 3.63) is 42.2 Å². The number of benzene rings is 2. The molecule has 0 amide bonds. The molecule has 0 saturated heterocycles. The van der Waals surface area contributed by atoms with Gasteiger partial charge >= 0.3 is 0 Å². The molecule has 0 radical (unpaired) electrons. The van der Waals surface area contributed by atoms with Crippen molar-refractivity contribution < 1.29 is 17.5 Å². The molecule has 8 heteroatoms. The van der Waals surface area contributed by atoms with Crippen LogP contribution in [0.5, 0.6) is 5.75 Å². The van der Waals surface area contributed by atoms with Crippen LogP contribution in [0, 0.1) is 5.82 Å². The molecule has 2 rings (SSSR count). The van der Waals surface area contributed by atoms with Gasteiger partial charge in [-0.1, -0.05) is 0 Å². The first-order valence-corrected chi connectivity index (χ1v) is 7.38. The Morgan fingerprint density at radius 2 is 1.86 bits per heavy atom. The monoisotopic (exact) mass is 311 g/mol. The second-order valence-electron chi connectivity index (χ2n) is 4.31. The lowest BCUT2D eigenvalue weighted by atomic mass is 10.2. The number of primary sulfonamides is 1. The molecule has 0 atom stereocenters. The van der Waals surface area contributed by atoms with Crippen molar-refractivity contribution in [2.45, 2.75) is 4.90 Å². The topological polar surface area (TPSA) is 107 Å². The van der Waals surface area contributed by atoms with E-state index in [1.165, 1.54) is 37.4 Å². The van der Waals surface area contributed by atoms with E-state index >= 15 is 0 Å². The van der Waals surface area contributed by atoms with E-state index in [0.29, 0.717) is 11.4 Å². The van der Waals surface area contributed by atoms with Crippen LogP contribution in [0.4, 0.5) is 21.5 Å². The SMILES string of the molecule is COc1ccc(Nc2cc(N)cc(S(N)(=O)=O)c2)cc1F. The van der Waals surface area contributed by atoms with Crippen molar-refractivity contribution in [1.29, 1.82) is 0 Å². The molecular weight excluding hydrogens is 297 g/mol. The first-order valence-electron chi connectivity index (χ1n) is 5.83. The first kappa shape index (κ1) is 15.1. The number of nitrogen functional groups attached to an aromatic ring is 1. The lowest BCUT2D eigenvalue weighted by Crippen LogP contribution is -2.12. The van der Waals surface area contributed by atoms with Gasteiger partial charge in [0, 0.05) is 23.1 Å². The van der Waals surface area contributed by atoms with Crippen LogP contribution in [0.2, 0.25) is 0 Å². The smallest absolute Gasteiger partial charge is 0.238 e. The van der Waals surface area contributed by atoms with E-state index < -0.39 is 15.8 Å². The van der Waals surface area contributed by atoms with E-state index in [-0.39, 0.29) is 16.3 Å². The van der Waals surface area contributed by atoms with Crippen LogP contribution in [-0.2, 0) is 10.0 Å². The Morgan fingerprint density at radius 1 is 1.14 bits per heavy atom. The number of hydrogen-bond donors (Lipinski definition) is 3. The maximum absolute atomic E-state index is 13.6. The fraction of sp³-hybridized carbons (Fsp3) is 0.0769. The van der Waals surface area contributed by atoms with Crippen molar-refractivity contribution in [1.82, 2.24) is 0 Å². The Labute approximate surface area is 121 Å². The zero-order valence-corrected chi connectivity index (χ0v) is 11.9. The maximum atomic E-state index is 13.6. The molecule has 0 saturated carbocycles. The fourth-order valence-corrected chi connectivity index (χ4v) is 2.36. The lowest BCUT2D eigenvalue weighted by Gasteiger charge is -2.10. The van der Waals surface area contributed by atoms with Crippen molar-refractivity contribution in [3.8, 4) is 5.75 Å². The summed E-state index contributed by atoms with van der Waals surface area (Å²) >= 11 is 0. The minimum atomic E-state index is -3.87. The summed E-state index contributed by atoms with van der Waals surface area (Å²) < 4.78 is 41.1. The van der Waals surface area contributed by atoms with E-state index in [1.54, 1.807) is 6.07 Å².